The molecule has 0 saturated carbocycles. The molecule has 0 bridgehead atoms. The van der Waals surface area contributed by atoms with Crippen LogP contribution < -0.4 is 11.1 Å². The molecule has 1 amide bonds. The molecule has 0 aliphatic heterocycles. The summed E-state index contributed by atoms with van der Waals surface area (Å²) >= 11 is 0. The first kappa shape index (κ1) is 11.7. The third-order valence-electron chi connectivity index (χ3n) is 2.31. The molecule has 0 radical (unpaired) electrons. The average Bonchev–Trinajstić information content (AvgIpc) is 2.27. The molecule has 1 aromatic rings. The highest BCUT2D eigenvalue weighted by molar-refractivity contribution is 5.94. The van der Waals surface area contributed by atoms with Crippen LogP contribution in [0.25, 0.3) is 0 Å². The molecule has 0 aliphatic carbocycles. The summed E-state index contributed by atoms with van der Waals surface area (Å²) in [6.07, 6.45) is 0.940. The summed E-state index contributed by atoms with van der Waals surface area (Å²) in [4.78, 5) is 11.6. The number of nitrogens with two attached hydrogens (primary N) is 1. The van der Waals surface area contributed by atoms with Crippen molar-refractivity contribution in [3.63, 3.8) is 0 Å². The van der Waals surface area contributed by atoms with Gasteiger partial charge in [-0.05, 0) is 31.0 Å². The Balaban J connectivity index is 2.37. The number of carbonyl (C=O) groups excluding carboxylic acids is 1. The lowest BCUT2D eigenvalue weighted by molar-refractivity contribution is 0.0947. The van der Waals surface area contributed by atoms with Gasteiger partial charge in [-0.15, -0.1) is 0 Å². The Bertz CT molecular complexity index is 298. The van der Waals surface area contributed by atoms with E-state index in [9.17, 15) is 4.79 Å². The molecule has 0 heterocycles. The molecule has 0 spiro atoms. The fraction of sp³-hybridized carbons (Fsp3) is 0.417. The van der Waals surface area contributed by atoms with Crippen molar-refractivity contribution in [3.05, 3.63) is 35.9 Å². The molecule has 3 nitrogen and oxygen atoms in total. The normalized spacial score (nSPS) is 12.1. The van der Waals surface area contributed by atoms with Crippen LogP contribution in [-0.2, 0) is 0 Å². The highest BCUT2D eigenvalue weighted by Crippen LogP contribution is 2.00. The van der Waals surface area contributed by atoms with Crippen LogP contribution in [0.3, 0.4) is 0 Å². The molecule has 3 N–H and O–H groups in total. The molecule has 1 atom stereocenters. The lowest BCUT2D eigenvalue weighted by atomic mass is 10.1. The van der Waals surface area contributed by atoms with Crippen LogP contribution >= 0.6 is 0 Å². The molecule has 0 fully saturated rings. The molecule has 3 heteroatoms. The average molecular weight is 206 g/mol. The SMILES string of the molecule is CC(CCN)CNC(=O)c1ccccc1. The quantitative estimate of drug-likeness (QED) is 0.765. The minimum absolute atomic E-state index is 0.0144. The van der Waals surface area contributed by atoms with Gasteiger partial charge in [0.25, 0.3) is 5.91 Å². The van der Waals surface area contributed by atoms with Crippen molar-refractivity contribution in [2.24, 2.45) is 11.7 Å². The van der Waals surface area contributed by atoms with E-state index < -0.39 is 0 Å². The molecule has 82 valence electrons. The maximum absolute atomic E-state index is 11.6. The lowest BCUT2D eigenvalue weighted by Crippen LogP contribution is -2.29. The van der Waals surface area contributed by atoms with Crippen molar-refractivity contribution in [2.45, 2.75) is 13.3 Å². The van der Waals surface area contributed by atoms with E-state index in [1.165, 1.54) is 0 Å². The van der Waals surface area contributed by atoms with Gasteiger partial charge in [-0.25, -0.2) is 0 Å². The van der Waals surface area contributed by atoms with Crippen LogP contribution in [0.1, 0.15) is 23.7 Å². The number of benzene rings is 1. The standard InChI is InChI=1S/C12H18N2O/c1-10(7-8-13)9-14-12(15)11-5-3-2-4-6-11/h2-6,10H,7-9,13H2,1H3,(H,14,15). The number of nitrogens with one attached hydrogen (secondary N) is 1. The summed E-state index contributed by atoms with van der Waals surface area (Å²) in [6.45, 7) is 3.44. The van der Waals surface area contributed by atoms with Crippen molar-refractivity contribution in [2.75, 3.05) is 13.1 Å². The Hall–Kier alpha value is -1.35. The number of hydrogen-bond acceptors (Lipinski definition) is 2. The highest BCUT2D eigenvalue weighted by atomic mass is 16.1. The molecular formula is C12H18N2O. The number of amides is 1. The number of hydrogen-bond donors (Lipinski definition) is 2. The van der Waals surface area contributed by atoms with Crippen molar-refractivity contribution < 1.29 is 4.79 Å². The van der Waals surface area contributed by atoms with Gasteiger partial charge >= 0.3 is 0 Å². The molecule has 0 saturated heterocycles. The van der Waals surface area contributed by atoms with E-state index in [1.54, 1.807) is 0 Å². The van der Waals surface area contributed by atoms with Crippen LogP contribution in [0.4, 0.5) is 0 Å². The van der Waals surface area contributed by atoms with E-state index >= 15 is 0 Å². The Kier molecular flexibility index (Phi) is 4.84. The van der Waals surface area contributed by atoms with Crippen LogP contribution in [0.15, 0.2) is 30.3 Å². The van der Waals surface area contributed by atoms with E-state index in [2.05, 4.69) is 12.2 Å². The van der Waals surface area contributed by atoms with E-state index in [1.807, 2.05) is 30.3 Å². The molecular weight excluding hydrogens is 188 g/mol. The predicted molar refractivity (Wildman–Crippen MR) is 61.6 cm³/mol. The molecule has 0 aliphatic rings. The van der Waals surface area contributed by atoms with E-state index in [0.29, 0.717) is 24.6 Å². The summed E-state index contributed by atoms with van der Waals surface area (Å²) in [5.74, 6) is 0.419. The minimum Gasteiger partial charge on any atom is -0.352 e. The van der Waals surface area contributed by atoms with Gasteiger partial charge in [0.2, 0.25) is 0 Å². The van der Waals surface area contributed by atoms with Gasteiger partial charge in [0, 0.05) is 12.1 Å². The smallest absolute Gasteiger partial charge is 0.251 e. The summed E-state index contributed by atoms with van der Waals surface area (Å²) in [7, 11) is 0. The van der Waals surface area contributed by atoms with E-state index in [0.717, 1.165) is 6.42 Å². The van der Waals surface area contributed by atoms with Crippen molar-refractivity contribution >= 4 is 5.91 Å². The lowest BCUT2D eigenvalue weighted by Gasteiger charge is -2.11. The first-order valence-electron chi connectivity index (χ1n) is 5.27. The number of rotatable bonds is 5. The monoisotopic (exact) mass is 206 g/mol. The van der Waals surface area contributed by atoms with Crippen LogP contribution in [0.5, 0.6) is 0 Å². The van der Waals surface area contributed by atoms with E-state index in [4.69, 9.17) is 5.73 Å². The van der Waals surface area contributed by atoms with Crippen molar-refractivity contribution in [3.8, 4) is 0 Å². The second-order valence-electron chi connectivity index (χ2n) is 3.76. The van der Waals surface area contributed by atoms with Crippen molar-refractivity contribution in [1.29, 1.82) is 0 Å². The van der Waals surface area contributed by atoms with Gasteiger partial charge < -0.3 is 11.1 Å². The summed E-state index contributed by atoms with van der Waals surface area (Å²) in [6, 6.07) is 9.23. The van der Waals surface area contributed by atoms with Crippen LogP contribution in [-0.4, -0.2) is 19.0 Å². The third kappa shape index (κ3) is 4.13. The van der Waals surface area contributed by atoms with Crippen LogP contribution in [0, 0.1) is 5.92 Å². The Morgan fingerprint density at radius 3 is 2.67 bits per heavy atom. The molecule has 1 rings (SSSR count). The maximum Gasteiger partial charge on any atom is 0.251 e. The zero-order valence-electron chi connectivity index (χ0n) is 9.07. The van der Waals surface area contributed by atoms with Crippen LogP contribution in [0.2, 0.25) is 0 Å². The molecule has 15 heavy (non-hydrogen) atoms. The molecule has 1 aromatic carbocycles. The Morgan fingerprint density at radius 1 is 1.40 bits per heavy atom. The van der Waals surface area contributed by atoms with Gasteiger partial charge in [-0.3, -0.25) is 4.79 Å². The van der Waals surface area contributed by atoms with Gasteiger partial charge in [0.1, 0.15) is 0 Å². The topological polar surface area (TPSA) is 55.1 Å². The van der Waals surface area contributed by atoms with Gasteiger partial charge in [-0.1, -0.05) is 25.1 Å². The summed E-state index contributed by atoms with van der Waals surface area (Å²) in [5.41, 5.74) is 6.14. The van der Waals surface area contributed by atoms with E-state index in [-0.39, 0.29) is 5.91 Å². The second kappa shape index (κ2) is 6.19. The molecule has 1 unspecified atom stereocenters. The fourth-order valence-electron chi connectivity index (χ4n) is 1.35. The first-order valence-corrected chi connectivity index (χ1v) is 5.27. The van der Waals surface area contributed by atoms with Gasteiger partial charge in [0.05, 0.1) is 0 Å². The number of carbonyl (C=O) groups is 1. The highest BCUT2D eigenvalue weighted by Gasteiger charge is 2.06. The third-order valence-corrected chi connectivity index (χ3v) is 2.31. The zero-order chi connectivity index (χ0) is 11.1. The van der Waals surface area contributed by atoms with Crippen molar-refractivity contribution in [1.82, 2.24) is 5.32 Å². The first-order chi connectivity index (χ1) is 7.24. The minimum atomic E-state index is -0.0144. The van der Waals surface area contributed by atoms with Gasteiger partial charge in [0.15, 0.2) is 0 Å². The zero-order valence-corrected chi connectivity index (χ0v) is 9.07. The summed E-state index contributed by atoms with van der Waals surface area (Å²) < 4.78 is 0. The summed E-state index contributed by atoms with van der Waals surface area (Å²) in [5, 5.41) is 2.89. The predicted octanol–water partition coefficient (Wildman–Crippen LogP) is 1.40. The fourth-order valence-corrected chi connectivity index (χ4v) is 1.35. The Labute approximate surface area is 90.7 Å². The maximum atomic E-state index is 11.6. The molecule has 0 aromatic heterocycles. The second-order valence-corrected chi connectivity index (χ2v) is 3.76. The largest absolute Gasteiger partial charge is 0.352 e. The van der Waals surface area contributed by atoms with Gasteiger partial charge in [-0.2, -0.15) is 0 Å². The Morgan fingerprint density at radius 2 is 2.07 bits per heavy atom.